The molecule has 0 saturated carbocycles. The maximum absolute atomic E-state index is 12.3. The number of hydrogen-bond acceptors (Lipinski definition) is 5. The topological polar surface area (TPSA) is 109 Å². The number of rotatable bonds is 5. The van der Waals surface area contributed by atoms with Crippen LogP contribution in [0.1, 0.15) is 13.8 Å². The van der Waals surface area contributed by atoms with Gasteiger partial charge in [-0.05, 0) is 6.07 Å². The summed E-state index contributed by atoms with van der Waals surface area (Å²) in [6.07, 6.45) is 0. The first-order valence-corrected chi connectivity index (χ1v) is 7.48. The maximum atomic E-state index is 12.3. The maximum Gasteiger partial charge on any atom is 0.276 e. The standard InChI is InChI=1S/C11H14N4O4S/c1-3-14(4-2)20(18,19)11-12-9-6-5-8(15(16)17)7-10(9)13-11/h5-7H,3-4H2,1-2H3,(H,12,13). The number of fused-ring (bicyclic) bond motifs is 1. The van der Waals surface area contributed by atoms with Crippen molar-refractivity contribution in [2.75, 3.05) is 13.1 Å². The van der Waals surface area contributed by atoms with E-state index in [4.69, 9.17) is 0 Å². The summed E-state index contributed by atoms with van der Waals surface area (Å²) < 4.78 is 25.8. The van der Waals surface area contributed by atoms with E-state index in [9.17, 15) is 18.5 Å². The Bertz CT molecular complexity index is 749. The molecule has 0 radical (unpaired) electrons. The number of imidazole rings is 1. The summed E-state index contributed by atoms with van der Waals surface area (Å²) in [6, 6.07) is 3.99. The van der Waals surface area contributed by atoms with Gasteiger partial charge in [-0.1, -0.05) is 13.8 Å². The Morgan fingerprint density at radius 3 is 2.55 bits per heavy atom. The van der Waals surface area contributed by atoms with E-state index in [0.29, 0.717) is 18.6 Å². The smallest absolute Gasteiger partial charge is 0.276 e. The average molecular weight is 298 g/mol. The number of aromatic nitrogens is 2. The molecule has 1 aromatic heterocycles. The number of hydrogen-bond donors (Lipinski definition) is 1. The van der Waals surface area contributed by atoms with Crippen molar-refractivity contribution in [3.63, 3.8) is 0 Å². The fourth-order valence-corrected chi connectivity index (χ4v) is 3.27. The summed E-state index contributed by atoms with van der Waals surface area (Å²) in [7, 11) is -3.70. The van der Waals surface area contributed by atoms with Crippen LogP contribution in [0.2, 0.25) is 0 Å². The second-order valence-corrected chi connectivity index (χ2v) is 5.94. The molecule has 8 nitrogen and oxygen atoms in total. The molecule has 0 aliphatic carbocycles. The third-order valence-corrected chi connectivity index (χ3v) is 4.82. The lowest BCUT2D eigenvalue weighted by Crippen LogP contribution is -2.31. The number of non-ortho nitro benzene ring substituents is 1. The quantitative estimate of drug-likeness (QED) is 0.664. The van der Waals surface area contributed by atoms with Gasteiger partial charge in [0.15, 0.2) is 0 Å². The first kappa shape index (κ1) is 14.4. The zero-order chi connectivity index (χ0) is 14.9. The highest BCUT2D eigenvalue weighted by Crippen LogP contribution is 2.21. The Balaban J connectivity index is 2.54. The molecule has 0 aliphatic rings. The SMILES string of the molecule is CCN(CC)S(=O)(=O)c1nc2cc([N+](=O)[O-])ccc2[nH]1. The molecule has 0 unspecified atom stereocenters. The number of nitrogens with one attached hydrogen (secondary N) is 1. The average Bonchev–Trinajstić information content (AvgIpc) is 2.83. The second kappa shape index (κ2) is 5.17. The predicted molar refractivity (Wildman–Crippen MR) is 72.9 cm³/mol. The molecule has 20 heavy (non-hydrogen) atoms. The van der Waals surface area contributed by atoms with E-state index >= 15 is 0 Å². The van der Waals surface area contributed by atoms with Crippen LogP contribution < -0.4 is 0 Å². The summed E-state index contributed by atoms with van der Waals surface area (Å²) in [5.74, 6) is 0. The molecule has 0 spiro atoms. The van der Waals surface area contributed by atoms with Crippen molar-refractivity contribution < 1.29 is 13.3 Å². The van der Waals surface area contributed by atoms with E-state index < -0.39 is 14.9 Å². The molecule has 0 aliphatic heterocycles. The summed E-state index contributed by atoms with van der Waals surface area (Å²) in [6.45, 7) is 4.12. The normalized spacial score (nSPS) is 12.2. The molecule has 2 aromatic rings. The van der Waals surface area contributed by atoms with Crippen LogP contribution in [0.5, 0.6) is 0 Å². The molecular weight excluding hydrogens is 284 g/mol. The van der Waals surface area contributed by atoms with E-state index in [1.807, 2.05) is 0 Å². The van der Waals surface area contributed by atoms with Crippen molar-refractivity contribution in [1.82, 2.24) is 14.3 Å². The van der Waals surface area contributed by atoms with Crippen LogP contribution in [0, 0.1) is 10.1 Å². The van der Waals surface area contributed by atoms with Gasteiger partial charge in [0.1, 0.15) is 0 Å². The predicted octanol–water partition coefficient (Wildman–Crippen LogP) is 1.50. The molecular formula is C11H14N4O4S. The molecule has 0 saturated heterocycles. The van der Waals surface area contributed by atoms with Crippen LogP contribution in [-0.4, -0.2) is 40.7 Å². The Morgan fingerprint density at radius 2 is 2.00 bits per heavy atom. The summed E-state index contributed by atoms with van der Waals surface area (Å²) >= 11 is 0. The Hall–Kier alpha value is -2.00. The molecule has 1 aromatic carbocycles. The fraction of sp³-hybridized carbons (Fsp3) is 0.364. The summed E-state index contributed by atoms with van der Waals surface area (Å²) in [5, 5.41) is 10.5. The van der Waals surface area contributed by atoms with Gasteiger partial charge in [0.25, 0.3) is 15.7 Å². The van der Waals surface area contributed by atoms with Gasteiger partial charge in [0.05, 0.1) is 16.0 Å². The Morgan fingerprint density at radius 1 is 1.35 bits per heavy atom. The van der Waals surface area contributed by atoms with Gasteiger partial charge in [0, 0.05) is 25.2 Å². The lowest BCUT2D eigenvalue weighted by molar-refractivity contribution is -0.384. The van der Waals surface area contributed by atoms with Crippen molar-refractivity contribution >= 4 is 26.7 Å². The van der Waals surface area contributed by atoms with E-state index in [0.717, 1.165) is 0 Å². The summed E-state index contributed by atoms with van der Waals surface area (Å²) in [4.78, 5) is 16.8. The number of nitro groups is 1. The van der Waals surface area contributed by atoms with Crippen LogP contribution >= 0.6 is 0 Å². The van der Waals surface area contributed by atoms with E-state index in [-0.39, 0.29) is 16.4 Å². The van der Waals surface area contributed by atoms with Crippen LogP contribution in [0.15, 0.2) is 23.4 Å². The number of benzene rings is 1. The van der Waals surface area contributed by atoms with Gasteiger partial charge >= 0.3 is 0 Å². The first-order chi connectivity index (χ1) is 9.40. The molecule has 108 valence electrons. The first-order valence-electron chi connectivity index (χ1n) is 6.04. The molecule has 1 heterocycles. The zero-order valence-electron chi connectivity index (χ0n) is 11.0. The highest BCUT2D eigenvalue weighted by Gasteiger charge is 2.25. The van der Waals surface area contributed by atoms with E-state index in [1.54, 1.807) is 13.8 Å². The lowest BCUT2D eigenvalue weighted by Gasteiger charge is -2.15. The monoisotopic (exact) mass is 298 g/mol. The van der Waals surface area contributed by atoms with Crippen molar-refractivity contribution in [1.29, 1.82) is 0 Å². The molecule has 1 N–H and O–H groups in total. The minimum absolute atomic E-state index is 0.129. The Kier molecular flexibility index (Phi) is 3.73. The van der Waals surface area contributed by atoms with Crippen molar-refractivity contribution in [3.05, 3.63) is 28.3 Å². The van der Waals surface area contributed by atoms with Gasteiger partial charge in [-0.15, -0.1) is 0 Å². The third kappa shape index (κ3) is 2.37. The van der Waals surface area contributed by atoms with Gasteiger partial charge in [-0.25, -0.2) is 13.4 Å². The van der Waals surface area contributed by atoms with Crippen molar-refractivity contribution in [3.8, 4) is 0 Å². The highest BCUT2D eigenvalue weighted by molar-refractivity contribution is 7.89. The van der Waals surface area contributed by atoms with E-state index in [2.05, 4.69) is 9.97 Å². The highest BCUT2D eigenvalue weighted by atomic mass is 32.2. The van der Waals surface area contributed by atoms with Crippen molar-refractivity contribution in [2.45, 2.75) is 19.0 Å². The minimum Gasteiger partial charge on any atom is -0.328 e. The molecule has 0 atom stereocenters. The van der Waals surface area contributed by atoms with Crippen molar-refractivity contribution in [2.24, 2.45) is 0 Å². The van der Waals surface area contributed by atoms with Gasteiger partial charge in [0.2, 0.25) is 5.16 Å². The molecule has 2 rings (SSSR count). The molecule has 9 heteroatoms. The fourth-order valence-electron chi connectivity index (χ4n) is 1.89. The molecule has 0 fully saturated rings. The Labute approximate surface area is 115 Å². The number of aromatic amines is 1. The zero-order valence-corrected chi connectivity index (χ0v) is 11.8. The van der Waals surface area contributed by atoms with Gasteiger partial charge in [-0.3, -0.25) is 10.1 Å². The third-order valence-electron chi connectivity index (χ3n) is 2.95. The van der Waals surface area contributed by atoms with Gasteiger partial charge in [-0.2, -0.15) is 4.31 Å². The van der Waals surface area contributed by atoms with Crippen LogP contribution in [0.25, 0.3) is 11.0 Å². The second-order valence-electron chi connectivity index (χ2n) is 4.09. The number of H-pyrrole nitrogens is 1. The summed E-state index contributed by atoms with van der Waals surface area (Å²) in [5.41, 5.74) is 0.571. The van der Waals surface area contributed by atoms with Crippen LogP contribution in [0.3, 0.4) is 0 Å². The molecule has 0 amide bonds. The van der Waals surface area contributed by atoms with Crippen LogP contribution in [0.4, 0.5) is 5.69 Å². The largest absolute Gasteiger partial charge is 0.328 e. The lowest BCUT2D eigenvalue weighted by atomic mass is 10.3. The number of nitrogens with zero attached hydrogens (tertiary/aromatic N) is 3. The van der Waals surface area contributed by atoms with Crippen LogP contribution in [-0.2, 0) is 10.0 Å². The molecule has 0 bridgehead atoms. The van der Waals surface area contributed by atoms with E-state index in [1.165, 1.54) is 22.5 Å². The number of nitro benzene ring substituents is 1. The van der Waals surface area contributed by atoms with Gasteiger partial charge < -0.3 is 4.98 Å². The minimum atomic E-state index is -3.70. The number of sulfonamides is 1.